The Hall–Kier alpha value is -4.37. The monoisotopic (exact) mass is 695 g/mol. The molecule has 4 N–H and O–H groups in total. The molecule has 0 aliphatic carbocycles. The second-order valence-electron chi connectivity index (χ2n) is 13.3. The van der Waals surface area contributed by atoms with Crippen LogP contribution in [0.5, 0.6) is 11.5 Å². The van der Waals surface area contributed by atoms with E-state index in [9.17, 15) is 23.8 Å². The fourth-order valence-electron chi connectivity index (χ4n) is 6.01. The Labute approximate surface area is 287 Å². The molecular formula is C35H45N5O8S. The number of carboxylic acids is 1. The molecule has 0 unspecified atom stereocenters. The standard InChI is InChI=1S/C35H45N5O8S/c1-22-20-40(49(44,45)31-13-12-23(16-29(31)47-22)10-8-14-36-34(43)48-35(2,3)4)21-24-9-7-11-25(15-24)27(19-32(41)42)26-17-28-33(30(18-26)46-6)39(5)38-37-28/h7,9,11-13,15-18,22,27,44-45H,8,10,14,19-21H2,1-6H3,(H,36,43)(H,41,42)/t22-,27+/m1/s1. The number of methoxy groups -OCH3 is 1. The largest absolute Gasteiger partial charge is 0.494 e. The predicted molar refractivity (Wildman–Crippen MR) is 186 cm³/mol. The topological polar surface area (TPSA) is 168 Å². The molecular weight excluding hydrogens is 650 g/mol. The maximum absolute atomic E-state index is 12.1. The number of carboxylic acid groups (broad SMARTS) is 1. The number of aryl methyl sites for hydroxylation is 2. The van der Waals surface area contributed by atoms with Gasteiger partial charge < -0.3 is 24.6 Å². The smallest absolute Gasteiger partial charge is 0.407 e. The van der Waals surface area contributed by atoms with Crippen LogP contribution in [0.15, 0.2) is 59.5 Å². The number of benzene rings is 3. The highest BCUT2D eigenvalue weighted by Crippen LogP contribution is 2.57. The fraction of sp³-hybridized carbons (Fsp3) is 0.429. The van der Waals surface area contributed by atoms with Gasteiger partial charge in [0.05, 0.1) is 20.1 Å². The van der Waals surface area contributed by atoms with Gasteiger partial charge in [0.15, 0.2) is 0 Å². The van der Waals surface area contributed by atoms with E-state index in [2.05, 4.69) is 15.6 Å². The van der Waals surface area contributed by atoms with E-state index in [-0.39, 0.29) is 25.6 Å². The number of rotatable bonds is 11. The Morgan fingerprint density at radius 3 is 2.59 bits per heavy atom. The Morgan fingerprint density at radius 2 is 1.88 bits per heavy atom. The average molecular weight is 696 g/mol. The molecule has 3 aromatic carbocycles. The Morgan fingerprint density at radius 1 is 1.10 bits per heavy atom. The third-order valence-electron chi connectivity index (χ3n) is 8.16. The predicted octanol–water partition coefficient (Wildman–Crippen LogP) is 6.35. The summed E-state index contributed by atoms with van der Waals surface area (Å²) in [5, 5.41) is 20.9. The zero-order valence-corrected chi connectivity index (χ0v) is 29.5. The first-order valence-electron chi connectivity index (χ1n) is 16.1. The number of nitrogens with zero attached hydrogens (tertiary/aromatic N) is 4. The molecule has 5 rings (SSSR count). The number of aromatic nitrogens is 3. The SMILES string of the molecule is COc1cc([C@@H](CC(=O)O)c2cccc(CN3C[C@@H](C)Oc4cc(CCCNC(=O)OC(C)(C)C)ccc4S3(O)O)c2)cc2nnn(C)c12. The van der Waals surface area contributed by atoms with Gasteiger partial charge in [0.1, 0.15) is 39.1 Å². The van der Waals surface area contributed by atoms with Crippen molar-refractivity contribution >= 4 is 33.9 Å². The van der Waals surface area contributed by atoms with E-state index in [0.29, 0.717) is 46.8 Å². The van der Waals surface area contributed by atoms with Crippen molar-refractivity contribution in [3.8, 4) is 11.5 Å². The number of nitrogens with one attached hydrogen (secondary N) is 1. The molecule has 1 aliphatic rings. The van der Waals surface area contributed by atoms with Crippen LogP contribution in [0.4, 0.5) is 4.79 Å². The normalized spacial score (nSPS) is 17.3. The molecule has 0 saturated carbocycles. The number of hydrogen-bond acceptors (Lipinski definition) is 10. The zero-order valence-electron chi connectivity index (χ0n) is 28.7. The maximum Gasteiger partial charge on any atom is 0.407 e. The minimum atomic E-state index is -3.45. The summed E-state index contributed by atoms with van der Waals surface area (Å²) >= 11 is 0. The molecule has 4 aromatic rings. The van der Waals surface area contributed by atoms with E-state index in [4.69, 9.17) is 14.2 Å². The Bertz CT molecular complexity index is 1820. The summed E-state index contributed by atoms with van der Waals surface area (Å²) in [5.74, 6) is -0.533. The van der Waals surface area contributed by atoms with Crippen LogP contribution in [-0.4, -0.2) is 77.5 Å². The summed E-state index contributed by atoms with van der Waals surface area (Å²) in [6.07, 6.45) is 0.311. The van der Waals surface area contributed by atoms with Gasteiger partial charge in [-0.3, -0.25) is 13.9 Å². The minimum absolute atomic E-state index is 0.172. The van der Waals surface area contributed by atoms with Crippen molar-refractivity contribution in [2.45, 2.75) is 76.0 Å². The Balaban J connectivity index is 1.35. The molecule has 264 valence electrons. The number of carbonyl (C=O) groups is 2. The Kier molecular flexibility index (Phi) is 10.7. The van der Waals surface area contributed by atoms with Gasteiger partial charge in [-0.25, -0.2) is 9.48 Å². The number of aliphatic carboxylic acids is 1. The van der Waals surface area contributed by atoms with Crippen LogP contribution < -0.4 is 14.8 Å². The average Bonchev–Trinajstić information content (AvgIpc) is 3.36. The summed E-state index contributed by atoms with van der Waals surface area (Å²) in [4.78, 5) is 24.3. The number of alkyl carbamates (subject to hydrolysis) is 1. The molecule has 0 spiro atoms. The highest BCUT2D eigenvalue weighted by molar-refractivity contribution is 8.22. The molecule has 2 heterocycles. The fourth-order valence-corrected chi connectivity index (χ4v) is 7.66. The van der Waals surface area contributed by atoms with Crippen molar-refractivity contribution in [3.05, 3.63) is 76.9 Å². The number of fused-ring (bicyclic) bond motifs is 2. The lowest BCUT2D eigenvalue weighted by molar-refractivity contribution is -0.137. The summed E-state index contributed by atoms with van der Waals surface area (Å²) < 4.78 is 43.6. The van der Waals surface area contributed by atoms with E-state index >= 15 is 0 Å². The molecule has 49 heavy (non-hydrogen) atoms. The van der Waals surface area contributed by atoms with Crippen LogP contribution in [0.1, 0.15) is 68.7 Å². The van der Waals surface area contributed by atoms with Crippen molar-refractivity contribution in [2.75, 3.05) is 20.2 Å². The first-order chi connectivity index (χ1) is 23.1. The third kappa shape index (κ3) is 8.63. The van der Waals surface area contributed by atoms with E-state index in [1.54, 1.807) is 29.2 Å². The van der Waals surface area contributed by atoms with Crippen molar-refractivity contribution in [1.82, 2.24) is 24.6 Å². The van der Waals surface area contributed by atoms with Crippen molar-refractivity contribution < 1.29 is 38.0 Å². The third-order valence-corrected chi connectivity index (χ3v) is 10.1. The van der Waals surface area contributed by atoms with E-state index in [0.717, 1.165) is 22.3 Å². The van der Waals surface area contributed by atoms with Crippen molar-refractivity contribution in [1.29, 1.82) is 0 Å². The van der Waals surface area contributed by atoms with Crippen LogP contribution in [-0.2, 0) is 29.5 Å². The summed E-state index contributed by atoms with van der Waals surface area (Å²) in [6.45, 7) is 8.18. The lowest BCUT2D eigenvalue weighted by Gasteiger charge is -2.41. The van der Waals surface area contributed by atoms with E-state index in [1.165, 1.54) is 0 Å². The summed E-state index contributed by atoms with van der Waals surface area (Å²) in [7, 11) is -0.135. The quantitative estimate of drug-likeness (QED) is 0.129. The molecule has 14 heteroatoms. The number of amides is 1. The second kappa shape index (κ2) is 14.6. The van der Waals surface area contributed by atoms with Crippen LogP contribution in [0, 0.1) is 0 Å². The molecule has 1 amide bonds. The second-order valence-corrected chi connectivity index (χ2v) is 15.3. The van der Waals surface area contributed by atoms with Crippen LogP contribution in [0.3, 0.4) is 0 Å². The van der Waals surface area contributed by atoms with Gasteiger partial charge in [0.2, 0.25) is 0 Å². The van der Waals surface area contributed by atoms with Gasteiger partial charge in [0.25, 0.3) is 0 Å². The lowest BCUT2D eigenvalue weighted by atomic mass is 9.87. The van der Waals surface area contributed by atoms with Gasteiger partial charge >= 0.3 is 12.1 Å². The minimum Gasteiger partial charge on any atom is -0.494 e. The number of ether oxygens (including phenoxy) is 3. The first kappa shape index (κ1) is 35.9. The van der Waals surface area contributed by atoms with E-state index in [1.807, 2.05) is 76.2 Å². The number of carbonyl (C=O) groups excluding carboxylic acids is 1. The highest BCUT2D eigenvalue weighted by atomic mass is 32.3. The van der Waals surface area contributed by atoms with Crippen LogP contribution in [0.25, 0.3) is 11.0 Å². The molecule has 13 nitrogen and oxygen atoms in total. The summed E-state index contributed by atoms with van der Waals surface area (Å²) in [6, 6.07) is 16.5. The van der Waals surface area contributed by atoms with Crippen molar-refractivity contribution in [2.24, 2.45) is 7.05 Å². The highest BCUT2D eigenvalue weighted by Gasteiger charge is 2.34. The van der Waals surface area contributed by atoms with Gasteiger partial charge in [-0.1, -0.05) is 35.5 Å². The zero-order chi connectivity index (χ0) is 35.5. The molecule has 0 radical (unpaired) electrons. The van der Waals surface area contributed by atoms with Crippen LogP contribution >= 0.6 is 10.8 Å². The van der Waals surface area contributed by atoms with Gasteiger partial charge in [-0.15, -0.1) is 15.9 Å². The molecule has 1 aliphatic heterocycles. The maximum atomic E-state index is 12.1. The van der Waals surface area contributed by atoms with Crippen molar-refractivity contribution in [3.63, 3.8) is 0 Å². The molecule has 0 fully saturated rings. The lowest BCUT2D eigenvalue weighted by Crippen LogP contribution is -2.33. The molecule has 1 aromatic heterocycles. The van der Waals surface area contributed by atoms with Gasteiger partial charge in [-0.05, 0) is 87.1 Å². The van der Waals surface area contributed by atoms with E-state index < -0.39 is 34.4 Å². The van der Waals surface area contributed by atoms with Crippen LogP contribution in [0.2, 0.25) is 0 Å². The van der Waals surface area contributed by atoms with Gasteiger partial charge in [-0.2, -0.15) is 4.31 Å². The summed E-state index contributed by atoms with van der Waals surface area (Å²) in [5.41, 5.74) is 3.93. The number of hydrogen-bond donors (Lipinski definition) is 4. The molecule has 0 bridgehead atoms. The molecule has 0 saturated heterocycles. The first-order valence-corrected chi connectivity index (χ1v) is 17.6. The molecule has 2 atom stereocenters. The van der Waals surface area contributed by atoms with Gasteiger partial charge in [0, 0.05) is 26.1 Å².